The standard InChI is InChI=1S/C22H21ClF3N7O/c1-33(2)10-9-28-20-27-8-7-19(32-20)34-14-4-6-17-18(12-14)31-21(30-17)29-13-3-5-16(23)15(11-13)22(24,25)26/h3-8,11-12H,9-10H2,1-2H3,(H,27,28,32)(H2,29,30,31). The fourth-order valence-electron chi connectivity index (χ4n) is 3.06. The summed E-state index contributed by atoms with van der Waals surface area (Å²) in [7, 11) is 3.95. The maximum atomic E-state index is 13.1. The molecule has 0 aliphatic carbocycles. The zero-order chi connectivity index (χ0) is 24.3. The van der Waals surface area contributed by atoms with Crippen molar-refractivity contribution in [1.29, 1.82) is 0 Å². The third-order valence-electron chi connectivity index (χ3n) is 4.68. The molecular weight excluding hydrogens is 471 g/mol. The molecule has 8 nitrogen and oxygen atoms in total. The van der Waals surface area contributed by atoms with Gasteiger partial charge in [-0.2, -0.15) is 18.2 Å². The van der Waals surface area contributed by atoms with Crippen LogP contribution in [0.5, 0.6) is 11.6 Å². The molecule has 34 heavy (non-hydrogen) atoms. The molecule has 3 N–H and O–H groups in total. The van der Waals surface area contributed by atoms with Gasteiger partial charge >= 0.3 is 6.18 Å². The fourth-order valence-corrected chi connectivity index (χ4v) is 3.29. The molecule has 12 heteroatoms. The first-order valence-electron chi connectivity index (χ1n) is 10.2. The molecule has 4 rings (SSSR count). The number of likely N-dealkylation sites (N-methyl/N-ethyl adjacent to an activating group) is 1. The monoisotopic (exact) mass is 491 g/mol. The van der Waals surface area contributed by atoms with E-state index in [1.807, 2.05) is 19.0 Å². The van der Waals surface area contributed by atoms with Gasteiger partial charge in [0, 0.05) is 37.1 Å². The van der Waals surface area contributed by atoms with Gasteiger partial charge in [0.25, 0.3) is 0 Å². The minimum absolute atomic E-state index is 0.197. The largest absolute Gasteiger partial charge is 0.439 e. The molecule has 0 saturated heterocycles. The molecule has 178 valence electrons. The van der Waals surface area contributed by atoms with Gasteiger partial charge in [-0.1, -0.05) is 11.6 Å². The molecule has 4 aromatic rings. The lowest BCUT2D eigenvalue weighted by molar-refractivity contribution is -0.137. The number of hydrogen-bond acceptors (Lipinski definition) is 7. The average molecular weight is 492 g/mol. The van der Waals surface area contributed by atoms with Gasteiger partial charge in [0.15, 0.2) is 0 Å². The van der Waals surface area contributed by atoms with Crippen molar-refractivity contribution in [3.63, 3.8) is 0 Å². The maximum absolute atomic E-state index is 13.1. The average Bonchev–Trinajstić information content (AvgIpc) is 3.16. The number of fused-ring (bicyclic) bond motifs is 1. The van der Waals surface area contributed by atoms with Crippen LogP contribution in [0.3, 0.4) is 0 Å². The van der Waals surface area contributed by atoms with E-state index >= 15 is 0 Å². The molecular formula is C22H21ClF3N7O. The van der Waals surface area contributed by atoms with Crippen molar-refractivity contribution in [3.8, 4) is 11.6 Å². The number of halogens is 4. The van der Waals surface area contributed by atoms with Crippen molar-refractivity contribution in [2.24, 2.45) is 0 Å². The highest BCUT2D eigenvalue weighted by atomic mass is 35.5. The van der Waals surface area contributed by atoms with E-state index in [1.54, 1.807) is 30.5 Å². The molecule has 0 spiro atoms. The van der Waals surface area contributed by atoms with Crippen LogP contribution in [0.1, 0.15) is 5.56 Å². The van der Waals surface area contributed by atoms with Crippen LogP contribution < -0.4 is 15.4 Å². The summed E-state index contributed by atoms with van der Waals surface area (Å²) in [5.41, 5.74) is 0.505. The molecule has 0 amide bonds. The lowest BCUT2D eigenvalue weighted by Gasteiger charge is -2.11. The minimum atomic E-state index is -4.56. The molecule has 0 saturated carbocycles. The van der Waals surface area contributed by atoms with Crippen LogP contribution >= 0.6 is 11.6 Å². The number of benzene rings is 2. The van der Waals surface area contributed by atoms with Gasteiger partial charge in [-0.3, -0.25) is 0 Å². The van der Waals surface area contributed by atoms with Crippen LogP contribution in [-0.2, 0) is 6.18 Å². The smallest absolute Gasteiger partial charge is 0.417 e. The first-order chi connectivity index (χ1) is 16.2. The lowest BCUT2D eigenvalue weighted by atomic mass is 10.2. The van der Waals surface area contributed by atoms with Gasteiger partial charge in [0.05, 0.1) is 21.6 Å². The number of H-pyrrole nitrogens is 1. The van der Waals surface area contributed by atoms with Gasteiger partial charge < -0.3 is 25.3 Å². The number of alkyl halides is 3. The van der Waals surface area contributed by atoms with Gasteiger partial charge in [-0.05, 0) is 44.4 Å². The Kier molecular flexibility index (Phi) is 6.75. The normalized spacial score (nSPS) is 11.7. The topological polar surface area (TPSA) is 91.0 Å². The summed E-state index contributed by atoms with van der Waals surface area (Å²) >= 11 is 5.68. The number of ether oxygens (including phenoxy) is 1. The first-order valence-corrected chi connectivity index (χ1v) is 10.6. The second kappa shape index (κ2) is 9.74. The summed E-state index contributed by atoms with van der Waals surface area (Å²) in [6.07, 6.45) is -2.96. The summed E-state index contributed by atoms with van der Waals surface area (Å²) < 4.78 is 45.2. The molecule has 0 fully saturated rings. The van der Waals surface area contributed by atoms with Gasteiger partial charge in [0.1, 0.15) is 5.75 Å². The van der Waals surface area contributed by atoms with Crippen molar-refractivity contribution in [2.75, 3.05) is 37.8 Å². The van der Waals surface area contributed by atoms with E-state index in [-0.39, 0.29) is 16.7 Å². The number of aromatic amines is 1. The van der Waals surface area contributed by atoms with Crippen LogP contribution in [-0.4, -0.2) is 52.0 Å². The van der Waals surface area contributed by atoms with Crippen molar-refractivity contribution < 1.29 is 17.9 Å². The number of aromatic nitrogens is 4. The third kappa shape index (κ3) is 5.86. The van der Waals surface area contributed by atoms with E-state index in [4.69, 9.17) is 16.3 Å². The van der Waals surface area contributed by atoms with Crippen molar-refractivity contribution in [3.05, 3.63) is 59.2 Å². The molecule has 2 aromatic carbocycles. The number of imidazole rings is 1. The molecule has 0 aliphatic rings. The summed E-state index contributed by atoms with van der Waals surface area (Å²) in [4.78, 5) is 17.9. The SMILES string of the molecule is CN(C)CCNc1nccc(Oc2ccc3nc(Nc4ccc(Cl)c(C(F)(F)F)c4)[nH]c3c2)n1. The summed E-state index contributed by atoms with van der Waals surface area (Å²) in [5, 5.41) is 5.60. The predicted molar refractivity (Wildman–Crippen MR) is 125 cm³/mol. The molecule has 0 bridgehead atoms. The fraction of sp³-hybridized carbons (Fsp3) is 0.227. The maximum Gasteiger partial charge on any atom is 0.417 e. The van der Waals surface area contributed by atoms with Crippen LogP contribution in [0.4, 0.5) is 30.8 Å². The number of anilines is 3. The summed E-state index contributed by atoms with van der Waals surface area (Å²) in [6, 6.07) is 10.4. The second-order valence-corrected chi connectivity index (χ2v) is 8.04. The van der Waals surface area contributed by atoms with E-state index in [0.717, 1.165) is 12.6 Å². The third-order valence-corrected chi connectivity index (χ3v) is 5.01. The van der Waals surface area contributed by atoms with E-state index in [1.165, 1.54) is 12.1 Å². The molecule has 2 aromatic heterocycles. The summed E-state index contributed by atoms with van der Waals surface area (Å²) in [5.74, 6) is 1.60. The van der Waals surface area contributed by atoms with E-state index in [9.17, 15) is 13.2 Å². The highest BCUT2D eigenvalue weighted by Gasteiger charge is 2.33. The zero-order valence-electron chi connectivity index (χ0n) is 18.2. The van der Waals surface area contributed by atoms with E-state index in [2.05, 4.69) is 30.6 Å². The van der Waals surface area contributed by atoms with Crippen LogP contribution in [0.25, 0.3) is 11.0 Å². The Morgan fingerprint density at radius 3 is 2.68 bits per heavy atom. The predicted octanol–water partition coefficient (Wildman–Crippen LogP) is 5.53. The minimum Gasteiger partial charge on any atom is -0.439 e. The van der Waals surface area contributed by atoms with Gasteiger partial charge in [-0.15, -0.1) is 0 Å². The second-order valence-electron chi connectivity index (χ2n) is 7.63. The Labute approximate surface area is 198 Å². The van der Waals surface area contributed by atoms with Crippen molar-refractivity contribution in [1.82, 2.24) is 24.8 Å². The summed E-state index contributed by atoms with van der Waals surface area (Å²) in [6.45, 7) is 1.51. The van der Waals surface area contributed by atoms with Crippen LogP contribution in [0, 0.1) is 0 Å². The highest BCUT2D eigenvalue weighted by Crippen LogP contribution is 2.36. The van der Waals surface area contributed by atoms with Crippen molar-refractivity contribution in [2.45, 2.75) is 6.18 Å². The van der Waals surface area contributed by atoms with E-state index < -0.39 is 11.7 Å². The molecule has 0 atom stereocenters. The Balaban J connectivity index is 1.48. The van der Waals surface area contributed by atoms with E-state index in [0.29, 0.717) is 35.2 Å². The number of nitrogens with one attached hydrogen (secondary N) is 3. The quantitative estimate of drug-likeness (QED) is 0.298. The lowest BCUT2D eigenvalue weighted by Crippen LogP contribution is -2.21. The Morgan fingerprint density at radius 1 is 1.09 bits per heavy atom. The molecule has 2 heterocycles. The molecule has 0 unspecified atom stereocenters. The first kappa shape index (κ1) is 23.6. The Hall–Kier alpha value is -3.57. The van der Waals surface area contributed by atoms with Gasteiger partial charge in [0.2, 0.25) is 17.8 Å². The van der Waals surface area contributed by atoms with Crippen LogP contribution in [0.15, 0.2) is 48.7 Å². The molecule has 0 aliphatic heterocycles. The van der Waals surface area contributed by atoms with Crippen LogP contribution in [0.2, 0.25) is 5.02 Å². The van der Waals surface area contributed by atoms with Crippen molar-refractivity contribution >= 4 is 40.2 Å². The number of hydrogen-bond donors (Lipinski definition) is 3. The Bertz CT molecular complexity index is 1290. The number of rotatable bonds is 8. The Morgan fingerprint density at radius 2 is 1.91 bits per heavy atom. The van der Waals surface area contributed by atoms with Gasteiger partial charge in [-0.25, -0.2) is 9.97 Å². The number of nitrogens with zero attached hydrogens (tertiary/aromatic N) is 4. The molecule has 0 radical (unpaired) electrons. The highest BCUT2D eigenvalue weighted by molar-refractivity contribution is 6.31. The zero-order valence-corrected chi connectivity index (χ0v) is 19.0.